The van der Waals surface area contributed by atoms with Crippen LogP contribution >= 0.6 is 0 Å². The molecule has 134 valence electrons. The average Bonchev–Trinajstić information content (AvgIpc) is 3.36. The smallest absolute Gasteiger partial charge is 0.251 e. The molecule has 0 atom stereocenters. The highest BCUT2D eigenvalue weighted by Crippen LogP contribution is 2.24. The molecule has 0 radical (unpaired) electrons. The molecule has 27 heavy (non-hydrogen) atoms. The van der Waals surface area contributed by atoms with E-state index in [1.807, 2.05) is 48.0 Å². The summed E-state index contributed by atoms with van der Waals surface area (Å²) in [6, 6.07) is 23.2. The summed E-state index contributed by atoms with van der Waals surface area (Å²) in [7, 11) is 0. The maximum atomic E-state index is 12.3. The van der Waals surface area contributed by atoms with Crippen molar-refractivity contribution in [2.45, 2.75) is 13.5 Å². The minimum Gasteiger partial charge on any atom is -0.467 e. The van der Waals surface area contributed by atoms with Crippen LogP contribution in [0.25, 0.3) is 16.9 Å². The van der Waals surface area contributed by atoms with E-state index in [1.54, 1.807) is 24.5 Å². The number of amides is 1. The second-order valence-electron chi connectivity index (χ2n) is 6.26. The summed E-state index contributed by atoms with van der Waals surface area (Å²) in [4.78, 5) is 12.3. The van der Waals surface area contributed by atoms with Gasteiger partial charge < -0.3 is 9.73 Å². The fraction of sp³-hybridized carbons (Fsp3) is 0.0909. The highest BCUT2D eigenvalue weighted by atomic mass is 16.3. The van der Waals surface area contributed by atoms with Gasteiger partial charge in [0.05, 0.1) is 29.9 Å². The lowest BCUT2D eigenvalue weighted by atomic mass is 10.1. The lowest BCUT2D eigenvalue weighted by molar-refractivity contribution is 0.0948. The molecule has 0 spiro atoms. The molecule has 2 heterocycles. The van der Waals surface area contributed by atoms with E-state index in [4.69, 9.17) is 4.42 Å². The van der Waals surface area contributed by atoms with E-state index in [1.165, 1.54) is 0 Å². The third-order valence-electron chi connectivity index (χ3n) is 4.28. The van der Waals surface area contributed by atoms with Crippen LogP contribution in [-0.2, 0) is 6.54 Å². The summed E-state index contributed by atoms with van der Waals surface area (Å²) < 4.78 is 7.13. The first-order valence-electron chi connectivity index (χ1n) is 8.74. The van der Waals surface area contributed by atoms with Crippen LogP contribution in [0.2, 0.25) is 0 Å². The van der Waals surface area contributed by atoms with Crippen molar-refractivity contribution in [3.05, 3.63) is 96.1 Å². The molecule has 4 rings (SSSR count). The van der Waals surface area contributed by atoms with Crippen molar-refractivity contribution in [3.63, 3.8) is 0 Å². The van der Waals surface area contributed by atoms with Crippen molar-refractivity contribution in [1.29, 1.82) is 0 Å². The average molecular weight is 357 g/mol. The van der Waals surface area contributed by atoms with Gasteiger partial charge in [-0.25, -0.2) is 4.68 Å². The first-order valence-corrected chi connectivity index (χ1v) is 8.74. The van der Waals surface area contributed by atoms with E-state index in [9.17, 15) is 4.79 Å². The fourth-order valence-corrected chi connectivity index (χ4v) is 2.95. The Kier molecular flexibility index (Phi) is 4.58. The van der Waals surface area contributed by atoms with Gasteiger partial charge in [0.2, 0.25) is 0 Å². The van der Waals surface area contributed by atoms with E-state index >= 15 is 0 Å². The van der Waals surface area contributed by atoms with Crippen molar-refractivity contribution >= 4 is 5.91 Å². The second-order valence-corrected chi connectivity index (χ2v) is 6.26. The molecule has 2 aromatic carbocycles. The molecule has 0 unspecified atom stereocenters. The van der Waals surface area contributed by atoms with Gasteiger partial charge in [0, 0.05) is 11.1 Å². The zero-order valence-electron chi connectivity index (χ0n) is 14.9. The molecule has 4 aromatic rings. The largest absolute Gasteiger partial charge is 0.467 e. The molecule has 0 bridgehead atoms. The van der Waals surface area contributed by atoms with Gasteiger partial charge in [-0.15, -0.1) is 0 Å². The van der Waals surface area contributed by atoms with Crippen molar-refractivity contribution in [2.75, 3.05) is 0 Å². The van der Waals surface area contributed by atoms with E-state index in [2.05, 4.69) is 28.6 Å². The van der Waals surface area contributed by atoms with E-state index in [-0.39, 0.29) is 5.91 Å². The van der Waals surface area contributed by atoms with Gasteiger partial charge in [0.15, 0.2) is 0 Å². The number of hydrogen-bond donors (Lipinski definition) is 1. The number of rotatable bonds is 5. The summed E-state index contributed by atoms with van der Waals surface area (Å²) in [6.45, 7) is 2.34. The topological polar surface area (TPSA) is 60.1 Å². The summed E-state index contributed by atoms with van der Waals surface area (Å²) in [5.74, 6) is 0.581. The first kappa shape index (κ1) is 16.8. The first-order chi connectivity index (χ1) is 13.2. The van der Waals surface area contributed by atoms with Crippen LogP contribution in [0.1, 0.15) is 21.8 Å². The minimum absolute atomic E-state index is 0.141. The highest BCUT2D eigenvalue weighted by molar-refractivity contribution is 5.94. The van der Waals surface area contributed by atoms with Gasteiger partial charge in [-0.3, -0.25) is 4.79 Å². The molecule has 5 heteroatoms. The van der Waals surface area contributed by atoms with Crippen LogP contribution in [0.4, 0.5) is 0 Å². The highest BCUT2D eigenvalue weighted by Gasteiger charge is 2.11. The summed E-state index contributed by atoms with van der Waals surface area (Å²) in [5, 5.41) is 7.45. The number of hydrogen-bond acceptors (Lipinski definition) is 3. The maximum Gasteiger partial charge on any atom is 0.251 e. The Morgan fingerprint density at radius 2 is 1.81 bits per heavy atom. The van der Waals surface area contributed by atoms with Crippen LogP contribution in [-0.4, -0.2) is 15.7 Å². The normalized spacial score (nSPS) is 10.7. The third-order valence-corrected chi connectivity index (χ3v) is 4.28. The van der Waals surface area contributed by atoms with Crippen LogP contribution < -0.4 is 5.32 Å². The van der Waals surface area contributed by atoms with Crippen LogP contribution in [0.3, 0.4) is 0 Å². The van der Waals surface area contributed by atoms with Gasteiger partial charge in [-0.05, 0) is 49.4 Å². The molecule has 0 saturated heterocycles. The van der Waals surface area contributed by atoms with Gasteiger partial charge in [0.25, 0.3) is 5.91 Å². The number of carbonyl (C=O) groups excluding carboxylic acids is 1. The molecule has 2 aromatic heterocycles. The van der Waals surface area contributed by atoms with Crippen molar-refractivity contribution in [1.82, 2.24) is 15.1 Å². The Morgan fingerprint density at radius 1 is 1.04 bits per heavy atom. The summed E-state index contributed by atoms with van der Waals surface area (Å²) >= 11 is 0. The fourth-order valence-electron chi connectivity index (χ4n) is 2.95. The van der Waals surface area contributed by atoms with E-state index < -0.39 is 0 Å². The molecular formula is C22H19N3O2. The van der Waals surface area contributed by atoms with E-state index in [0.29, 0.717) is 12.1 Å². The summed E-state index contributed by atoms with van der Waals surface area (Å²) in [6.07, 6.45) is 1.59. The van der Waals surface area contributed by atoms with Crippen LogP contribution in [0.15, 0.2) is 83.5 Å². The number of nitrogens with one attached hydrogen (secondary N) is 1. The third kappa shape index (κ3) is 3.67. The lowest BCUT2D eigenvalue weighted by Crippen LogP contribution is -2.22. The number of aromatic nitrogens is 2. The van der Waals surface area contributed by atoms with E-state index in [0.717, 1.165) is 28.4 Å². The number of carbonyl (C=O) groups is 1. The predicted octanol–water partition coefficient (Wildman–Crippen LogP) is 4.37. The lowest BCUT2D eigenvalue weighted by Gasteiger charge is -2.09. The number of aryl methyl sites for hydroxylation is 1. The number of nitrogens with zero attached hydrogens (tertiary/aromatic N) is 2. The zero-order valence-corrected chi connectivity index (χ0v) is 14.9. The Labute approximate surface area is 157 Å². The number of benzene rings is 2. The Balaban J connectivity index is 1.55. The predicted molar refractivity (Wildman–Crippen MR) is 104 cm³/mol. The Hall–Kier alpha value is -3.60. The molecule has 5 nitrogen and oxygen atoms in total. The molecule has 0 saturated carbocycles. The van der Waals surface area contributed by atoms with Gasteiger partial charge >= 0.3 is 0 Å². The second kappa shape index (κ2) is 7.33. The minimum atomic E-state index is -0.141. The molecule has 1 amide bonds. The molecule has 0 aliphatic carbocycles. The molecule has 0 aliphatic heterocycles. The van der Waals surface area contributed by atoms with Crippen LogP contribution in [0, 0.1) is 6.92 Å². The monoisotopic (exact) mass is 357 g/mol. The Morgan fingerprint density at radius 3 is 2.52 bits per heavy atom. The molecular weight excluding hydrogens is 338 g/mol. The molecule has 1 N–H and O–H groups in total. The van der Waals surface area contributed by atoms with Crippen molar-refractivity contribution in [3.8, 4) is 16.9 Å². The van der Waals surface area contributed by atoms with Crippen LogP contribution in [0.5, 0.6) is 0 Å². The standard InChI is InChI=1S/C22H19N3O2/c1-16-14-21(17-6-3-2-4-7-17)25(24-16)19-11-9-18(10-12-19)22(26)23-15-20-8-5-13-27-20/h2-14H,15H2,1H3,(H,23,26). The molecule has 0 aliphatic rings. The SMILES string of the molecule is Cc1cc(-c2ccccc2)n(-c2ccc(C(=O)NCc3ccco3)cc2)n1. The summed E-state index contributed by atoms with van der Waals surface area (Å²) in [5.41, 5.74) is 4.55. The van der Waals surface area contributed by atoms with Gasteiger partial charge in [-0.2, -0.15) is 5.10 Å². The quantitative estimate of drug-likeness (QED) is 0.577. The number of furan rings is 1. The Bertz CT molecular complexity index is 1030. The van der Waals surface area contributed by atoms with Crippen molar-refractivity contribution < 1.29 is 9.21 Å². The zero-order chi connectivity index (χ0) is 18.6. The van der Waals surface area contributed by atoms with Gasteiger partial charge in [-0.1, -0.05) is 30.3 Å². The maximum absolute atomic E-state index is 12.3. The van der Waals surface area contributed by atoms with Gasteiger partial charge in [0.1, 0.15) is 5.76 Å². The van der Waals surface area contributed by atoms with Crippen molar-refractivity contribution in [2.24, 2.45) is 0 Å². The molecule has 0 fully saturated rings.